The molecule has 0 bridgehead atoms. The molecular formula is C33H42N2O5Si. The third-order valence-corrected chi connectivity index (χ3v) is 12.6. The van der Waals surface area contributed by atoms with E-state index in [4.69, 9.17) is 24.4 Å². The SMILES string of the molecule is COc1ccc(C2=CN(C(=O)c3cc(OC)c(OCc4ccccc4)cc3N)[C@H](CO[Si](C)(C)C(C)(C)C)C2)cc1. The predicted octanol–water partition coefficient (Wildman–Crippen LogP) is 7.14. The largest absolute Gasteiger partial charge is 0.497 e. The molecule has 1 heterocycles. The van der Waals surface area contributed by atoms with Gasteiger partial charge in [0.25, 0.3) is 5.91 Å². The van der Waals surface area contributed by atoms with E-state index in [-0.39, 0.29) is 17.0 Å². The summed E-state index contributed by atoms with van der Waals surface area (Å²) in [6.07, 6.45) is 2.59. The average Bonchev–Trinajstić information content (AvgIpc) is 3.39. The molecule has 0 spiro atoms. The molecule has 3 aromatic rings. The Kier molecular flexibility index (Phi) is 9.14. The van der Waals surface area contributed by atoms with Gasteiger partial charge in [-0.05, 0) is 59.5 Å². The number of nitrogen functional groups attached to an aromatic ring is 1. The van der Waals surface area contributed by atoms with Gasteiger partial charge in [0.15, 0.2) is 19.8 Å². The smallest absolute Gasteiger partial charge is 0.260 e. The Morgan fingerprint density at radius 3 is 2.27 bits per heavy atom. The molecule has 0 aromatic heterocycles. The minimum Gasteiger partial charge on any atom is -0.497 e. The maximum absolute atomic E-state index is 14.1. The van der Waals surface area contributed by atoms with Gasteiger partial charge in [0.2, 0.25) is 0 Å². The first kappa shape index (κ1) is 30.2. The third kappa shape index (κ3) is 6.94. The van der Waals surface area contributed by atoms with E-state index >= 15 is 0 Å². The summed E-state index contributed by atoms with van der Waals surface area (Å²) in [5.74, 6) is 1.51. The molecule has 218 valence electrons. The zero-order chi connectivity index (χ0) is 29.8. The lowest BCUT2D eigenvalue weighted by molar-refractivity contribution is 0.0738. The van der Waals surface area contributed by atoms with Crippen LogP contribution >= 0.6 is 0 Å². The van der Waals surface area contributed by atoms with Gasteiger partial charge in [-0.15, -0.1) is 0 Å². The van der Waals surface area contributed by atoms with E-state index in [1.54, 1.807) is 31.3 Å². The molecule has 0 aliphatic carbocycles. The Morgan fingerprint density at radius 1 is 0.976 bits per heavy atom. The first-order valence-electron chi connectivity index (χ1n) is 13.9. The van der Waals surface area contributed by atoms with Crippen molar-refractivity contribution >= 4 is 25.5 Å². The number of rotatable bonds is 10. The zero-order valence-electron chi connectivity index (χ0n) is 25.2. The summed E-state index contributed by atoms with van der Waals surface area (Å²) in [6.45, 7) is 11.9. The first-order valence-corrected chi connectivity index (χ1v) is 16.8. The van der Waals surface area contributed by atoms with Gasteiger partial charge in [-0.3, -0.25) is 4.79 Å². The second kappa shape index (κ2) is 12.4. The summed E-state index contributed by atoms with van der Waals surface area (Å²) in [5.41, 5.74) is 10.3. The normalized spacial score (nSPS) is 15.4. The van der Waals surface area contributed by atoms with Crippen LogP contribution in [-0.2, 0) is 11.0 Å². The molecule has 1 amide bonds. The molecule has 2 N–H and O–H groups in total. The Labute approximate surface area is 245 Å². The van der Waals surface area contributed by atoms with Crippen molar-refractivity contribution in [2.45, 2.75) is 58.0 Å². The van der Waals surface area contributed by atoms with Gasteiger partial charge in [0.05, 0.1) is 32.4 Å². The van der Waals surface area contributed by atoms with E-state index in [1.165, 1.54) is 0 Å². The number of nitrogens with two attached hydrogens (primary N) is 1. The topological polar surface area (TPSA) is 83.2 Å². The van der Waals surface area contributed by atoms with Gasteiger partial charge >= 0.3 is 0 Å². The summed E-state index contributed by atoms with van der Waals surface area (Å²) in [5, 5.41) is 0.0556. The number of carbonyl (C=O) groups excluding carboxylic acids is 1. The molecule has 0 saturated heterocycles. The molecule has 3 aromatic carbocycles. The summed E-state index contributed by atoms with van der Waals surface area (Å²) >= 11 is 0. The number of methoxy groups -OCH3 is 2. The molecule has 0 saturated carbocycles. The highest BCUT2D eigenvalue weighted by Crippen LogP contribution is 2.39. The molecule has 1 aliphatic heterocycles. The number of hydrogen-bond acceptors (Lipinski definition) is 6. The Morgan fingerprint density at radius 2 is 1.66 bits per heavy atom. The van der Waals surface area contributed by atoms with Crippen molar-refractivity contribution in [2.24, 2.45) is 0 Å². The van der Waals surface area contributed by atoms with Gasteiger partial charge in [0.1, 0.15) is 12.4 Å². The maximum Gasteiger partial charge on any atom is 0.260 e. The van der Waals surface area contributed by atoms with Crippen molar-refractivity contribution in [3.8, 4) is 17.2 Å². The van der Waals surface area contributed by atoms with Gasteiger partial charge in [-0.1, -0.05) is 63.2 Å². The van der Waals surface area contributed by atoms with Gasteiger partial charge < -0.3 is 29.3 Å². The number of carbonyl (C=O) groups is 1. The number of hydrogen-bond donors (Lipinski definition) is 1. The van der Waals surface area contributed by atoms with E-state index in [0.717, 1.165) is 22.4 Å². The van der Waals surface area contributed by atoms with Gasteiger partial charge in [0, 0.05) is 18.0 Å². The Balaban J connectivity index is 1.62. The number of amides is 1. The molecule has 1 atom stereocenters. The van der Waals surface area contributed by atoms with Crippen molar-refractivity contribution in [2.75, 3.05) is 26.6 Å². The van der Waals surface area contributed by atoms with Crippen LogP contribution in [0.5, 0.6) is 17.2 Å². The molecule has 4 rings (SSSR count). The minimum atomic E-state index is -2.04. The summed E-state index contributed by atoms with van der Waals surface area (Å²) in [6, 6.07) is 20.9. The van der Waals surface area contributed by atoms with Gasteiger partial charge in [-0.25, -0.2) is 0 Å². The van der Waals surface area contributed by atoms with E-state index in [0.29, 0.717) is 42.4 Å². The van der Waals surface area contributed by atoms with Crippen LogP contribution < -0.4 is 19.9 Å². The summed E-state index contributed by atoms with van der Waals surface area (Å²) in [4.78, 5) is 15.8. The quantitative estimate of drug-likeness (QED) is 0.205. The van der Waals surface area contributed by atoms with Crippen LogP contribution in [0.3, 0.4) is 0 Å². The lowest BCUT2D eigenvalue weighted by Crippen LogP contribution is -2.45. The molecule has 0 fully saturated rings. The molecule has 7 nitrogen and oxygen atoms in total. The summed E-state index contributed by atoms with van der Waals surface area (Å²) in [7, 11) is 1.17. The van der Waals surface area contributed by atoms with Crippen molar-refractivity contribution in [3.05, 3.63) is 89.6 Å². The molecule has 41 heavy (non-hydrogen) atoms. The van der Waals surface area contributed by atoms with Crippen LogP contribution in [0.2, 0.25) is 18.1 Å². The fourth-order valence-corrected chi connectivity index (χ4v) is 5.51. The van der Waals surface area contributed by atoms with Crippen molar-refractivity contribution in [1.29, 1.82) is 0 Å². The molecule has 8 heteroatoms. The maximum atomic E-state index is 14.1. The highest BCUT2D eigenvalue weighted by molar-refractivity contribution is 6.74. The standard InChI is InChI=1S/C33H42N2O5Si/c1-33(2,3)41(6,7)40-22-26-17-25(24-13-15-27(37-4)16-14-24)20-35(26)32(36)28-18-30(38-5)31(19-29(28)34)39-21-23-11-9-8-10-12-23/h8-16,18-20,26H,17,21-22,34H2,1-7H3/t26-/m0/s1. The predicted molar refractivity (Wildman–Crippen MR) is 167 cm³/mol. The van der Waals surface area contributed by atoms with Crippen molar-refractivity contribution in [3.63, 3.8) is 0 Å². The van der Waals surface area contributed by atoms with Crippen molar-refractivity contribution < 1.29 is 23.4 Å². The fraction of sp³-hybridized carbons (Fsp3) is 0.364. The first-order chi connectivity index (χ1) is 19.4. The second-order valence-electron chi connectivity index (χ2n) is 11.9. The third-order valence-electron chi connectivity index (χ3n) is 8.09. The molecule has 0 unspecified atom stereocenters. The molecule has 0 radical (unpaired) electrons. The zero-order valence-corrected chi connectivity index (χ0v) is 26.2. The van der Waals surface area contributed by atoms with Crippen LogP contribution in [-0.4, -0.2) is 46.0 Å². The number of nitrogens with zero attached hydrogens (tertiary/aromatic N) is 1. The number of anilines is 1. The van der Waals surface area contributed by atoms with Crippen LogP contribution in [0.15, 0.2) is 72.9 Å². The van der Waals surface area contributed by atoms with E-state index in [2.05, 4.69) is 33.9 Å². The average molecular weight is 575 g/mol. The molecular weight excluding hydrogens is 532 g/mol. The fourth-order valence-electron chi connectivity index (χ4n) is 4.47. The van der Waals surface area contributed by atoms with E-state index in [9.17, 15) is 4.79 Å². The van der Waals surface area contributed by atoms with Crippen molar-refractivity contribution in [1.82, 2.24) is 4.90 Å². The van der Waals surface area contributed by atoms with Gasteiger partial charge in [-0.2, -0.15) is 0 Å². The monoisotopic (exact) mass is 574 g/mol. The lowest BCUT2D eigenvalue weighted by Gasteiger charge is -2.38. The van der Waals surface area contributed by atoms with Crippen LogP contribution in [0, 0.1) is 0 Å². The summed E-state index contributed by atoms with van der Waals surface area (Å²) < 4.78 is 23.6. The molecule has 1 aliphatic rings. The second-order valence-corrected chi connectivity index (χ2v) is 16.7. The van der Waals surface area contributed by atoms with Crippen LogP contribution in [0.25, 0.3) is 5.57 Å². The number of ether oxygens (including phenoxy) is 3. The minimum absolute atomic E-state index is 0.0556. The van der Waals surface area contributed by atoms with E-state index in [1.807, 2.05) is 60.8 Å². The highest BCUT2D eigenvalue weighted by atomic mass is 28.4. The Hall–Kier alpha value is -3.75. The van der Waals surface area contributed by atoms with Crippen LogP contribution in [0.4, 0.5) is 5.69 Å². The lowest BCUT2D eigenvalue weighted by atomic mass is 10.0. The highest BCUT2D eigenvalue weighted by Gasteiger charge is 2.40. The van der Waals surface area contributed by atoms with Crippen LogP contribution in [0.1, 0.15) is 48.7 Å². The number of benzene rings is 3. The van der Waals surface area contributed by atoms with E-state index < -0.39 is 8.32 Å². The Bertz CT molecular complexity index is 1380.